The number of carbonyl (C=O) groups is 2. The first-order valence-corrected chi connectivity index (χ1v) is 5.87. The molecule has 0 atom stereocenters. The second-order valence-corrected chi connectivity index (χ2v) is 4.00. The van der Waals surface area contributed by atoms with Gasteiger partial charge in [0.25, 0.3) is 0 Å². The minimum absolute atomic E-state index is 0.0648. The number of rotatable bonds is 3. The van der Waals surface area contributed by atoms with Gasteiger partial charge in [0.1, 0.15) is 16.9 Å². The molecule has 0 heterocycles. The van der Waals surface area contributed by atoms with Gasteiger partial charge in [-0.05, 0) is 24.3 Å². The second kappa shape index (κ2) is 7.50. The zero-order chi connectivity index (χ0) is 16.7. The van der Waals surface area contributed by atoms with E-state index in [-0.39, 0.29) is 22.6 Å². The van der Waals surface area contributed by atoms with Gasteiger partial charge < -0.3 is 25.9 Å². The van der Waals surface area contributed by atoms with Crippen LogP contribution in [0.2, 0.25) is 0 Å². The average molecular weight is 306 g/mol. The third-order valence-electron chi connectivity index (χ3n) is 2.50. The molecule has 0 aromatic heterocycles. The van der Waals surface area contributed by atoms with Crippen molar-refractivity contribution >= 4 is 17.6 Å². The first kappa shape index (κ1) is 16.8. The summed E-state index contributed by atoms with van der Waals surface area (Å²) in [6.45, 7) is 0. The largest absolute Gasteiger partial charge is 0.507 e. The second-order valence-electron chi connectivity index (χ2n) is 4.00. The summed E-state index contributed by atoms with van der Waals surface area (Å²) < 4.78 is 0. The Morgan fingerprint density at radius 3 is 2.00 bits per heavy atom. The number of nitrogens with two attached hydrogens (primary N) is 2. The molecule has 0 amide bonds. The van der Waals surface area contributed by atoms with Crippen molar-refractivity contribution in [3.8, 4) is 11.5 Å². The number of nitrogen functional groups attached to an aromatic ring is 1. The number of hydrogen-bond acceptors (Lipinski definition) is 6. The summed E-state index contributed by atoms with van der Waals surface area (Å²) in [5, 5.41) is 26.0. The van der Waals surface area contributed by atoms with E-state index < -0.39 is 11.9 Å². The Morgan fingerprint density at radius 2 is 1.55 bits per heavy atom. The molecule has 0 aliphatic heterocycles. The van der Waals surface area contributed by atoms with Crippen molar-refractivity contribution in [1.29, 1.82) is 0 Å². The minimum atomic E-state index is -1.16. The highest BCUT2D eigenvalue weighted by Crippen LogP contribution is 2.19. The quantitative estimate of drug-likeness (QED) is 0.419. The van der Waals surface area contributed by atoms with E-state index in [9.17, 15) is 9.59 Å². The van der Waals surface area contributed by atoms with Crippen molar-refractivity contribution in [3.63, 3.8) is 0 Å². The molecular formula is C14H14N2O6. The van der Waals surface area contributed by atoms with Crippen molar-refractivity contribution in [3.05, 3.63) is 53.6 Å². The monoisotopic (exact) mass is 306 g/mol. The molecule has 2 aromatic carbocycles. The number of carboxylic acid groups (broad SMARTS) is 2. The van der Waals surface area contributed by atoms with Crippen LogP contribution in [0.3, 0.4) is 0 Å². The summed E-state index contributed by atoms with van der Waals surface area (Å²) in [6.07, 6.45) is 0. The van der Waals surface area contributed by atoms with Crippen LogP contribution in [0.1, 0.15) is 20.7 Å². The van der Waals surface area contributed by atoms with E-state index in [1.807, 2.05) is 0 Å². The van der Waals surface area contributed by atoms with Gasteiger partial charge in [-0.2, -0.15) is 5.90 Å². The van der Waals surface area contributed by atoms with Crippen molar-refractivity contribution in [1.82, 2.24) is 0 Å². The van der Waals surface area contributed by atoms with Crippen LogP contribution in [0.15, 0.2) is 42.5 Å². The summed E-state index contributed by atoms with van der Waals surface area (Å²) in [7, 11) is 0. The Bertz CT molecular complexity index is 687. The molecule has 0 saturated carbocycles. The van der Waals surface area contributed by atoms with Crippen molar-refractivity contribution < 1.29 is 29.7 Å². The Balaban J connectivity index is 0.000000220. The summed E-state index contributed by atoms with van der Waals surface area (Å²) in [6, 6.07) is 10.0. The lowest BCUT2D eigenvalue weighted by Gasteiger charge is -2.00. The smallest absolute Gasteiger partial charge is 0.339 e. The normalized spacial score (nSPS) is 9.32. The first-order chi connectivity index (χ1) is 10.4. The topological polar surface area (TPSA) is 156 Å². The predicted octanol–water partition coefficient (Wildman–Crippen LogP) is 1.31. The molecule has 0 unspecified atom stereocenters. The van der Waals surface area contributed by atoms with E-state index in [1.165, 1.54) is 30.3 Å². The highest BCUT2D eigenvalue weighted by atomic mass is 16.6. The third kappa shape index (κ3) is 4.39. The molecule has 0 aliphatic rings. The molecule has 7 N–H and O–H groups in total. The number of anilines is 1. The number of para-hydroxylation sites is 1. The number of carboxylic acids is 2. The van der Waals surface area contributed by atoms with E-state index in [2.05, 4.69) is 4.84 Å². The molecule has 8 nitrogen and oxygen atoms in total. The third-order valence-corrected chi connectivity index (χ3v) is 2.50. The van der Waals surface area contributed by atoms with Crippen LogP contribution in [-0.2, 0) is 0 Å². The molecule has 0 spiro atoms. The van der Waals surface area contributed by atoms with Crippen LogP contribution in [0.4, 0.5) is 5.69 Å². The van der Waals surface area contributed by atoms with Gasteiger partial charge >= 0.3 is 11.9 Å². The van der Waals surface area contributed by atoms with Crippen LogP contribution in [-0.4, -0.2) is 27.3 Å². The van der Waals surface area contributed by atoms with E-state index >= 15 is 0 Å². The van der Waals surface area contributed by atoms with Crippen LogP contribution in [0, 0.1) is 0 Å². The minimum Gasteiger partial charge on any atom is -0.507 e. The van der Waals surface area contributed by atoms with Crippen LogP contribution in [0.5, 0.6) is 11.5 Å². The fourth-order valence-electron chi connectivity index (χ4n) is 1.48. The van der Waals surface area contributed by atoms with Gasteiger partial charge in [-0.1, -0.05) is 12.1 Å². The summed E-state index contributed by atoms with van der Waals surface area (Å²) >= 11 is 0. The molecule has 0 fully saturated rings. The highest BCUT2D eigenvalue weighted by molar-refractivity contribution is 5.91. The first-order valence-electron chi connectivity index (χ1n) is 5.87. The molecule has 0 radical (unpaired) electrons. The molecular weight excluding hydrogens is 292 g/mol. The maximum Gasteiger partial charge on any atom is 0.339 e. The van der Waals surface area contributed by atoms with E-state index in [4.69, 9.17) is 27.0 Å². The molecule has 2 rings (SSSR count). The van der Waals surface area contributed by atoms with Crippen molar-refractivity contribution in [2.45, 2.75) is 0 Å². The maximum absolute atomic E-state index is 10.4. The molecule has 0 saturated heterocycles. The molecule has 0 bridgehead atoms. The summed E-state index contributed by atoms with van der Waals surface area (Å²) in [5.74, 6) is 2.47. The Morgan fingerprint density at radius 1 is 0.955 bits per heavy atom. The van der Waals surface area contributed by atoms with Crippen molar-refractivity contribution in [2.24, 2.45) is 5.90 Å². The van der Waals surface area contributed by atoms with Gasteiger partial charge in [0.15, 0.2) is 5.75 Å². The van der Waals surface area contributed by atoms with Crippen LogP contribution < -0.4 is 16.5 Å². The number of benzene rings is 2. The number of aromatic hydroxyl groups is 1. The van der Waals surface area contributed by atoms with E-state index in [0.717, 1.165) is 0 Å². The molecule has 0 aliphatic carbocycles. The number of phenols is 1. The van der Waals surface area contributed by atoms with Gasteiger partial charge in [0.2, 0.25) is 0 Å². The lowest BCUT2D eigenvalue weighted by molar-refractivity contribution is 0.0681. The van der Waals surface area contributed by atoms with Gasteiger partial charge in [0.05, 0.1) is 0 Å². The SMILES string of the molecule is NOc1ccccc1C(=O)O.Nc1ccc(C(=O)O)c(O)c1. The fraction of sp³-hybridized carbons (Fsp3) is 0. The van der Waals surface area contributed by atoms with E-state index in [0.29, 0.717) is 5.69 Å². The Kier molecular flexibility index (Phi) is 5.73. The molecule has 116 valence electrons. The number of aromatic carboxylic acids is 2. The summed E-state index contributed by atoms with van der Waals surface area (Å²) in [5.41, 5.74) is 5.54. The summed E-state index contributed by atoms with van der Waals surface area (Å²) in [4.78, 5) is 25.1. The lowest BCUT2D eigenvalue weighted by atomic mass is 10.2. The highest BCUT2D eigenvalue weighted by Gasteiger charge is 2.08. The van der Waals surface area contributed by atoms with Gasteiger partial charge in [-0.15, -0.1) is 0 Å². The van der Waals surface area contributed by atoms with E-state index in [1.54, 1.807) is 12.1 Å². The van der Waals surface area contributed by atoms with Gasteiger partial charge in [0, 0.05) is 11.8 Å². The standard InChI is InChI=1S/2C7H7NO3/c8-4-1-2-5(7(10)11)6(9)3-4;8-11-6-4-2-1-3-5(6)7(9)10/h1-3,9H,8H2,(H,10,11);1-4H,8H2,(H,9,10). The Labute approximate surface area is 125 Å². The van der Waals surface area contributed by atoms with Crippen LogP contribution in [0.25, 0.3) is 0 Å². The lowest BCUT2D eigenvalue weighted by Crippen LogP contribution is -2.07. The van der Waals surface area contributed by atoms with Crippen molar-refractivity contribution in [2.75, 3.05) is 5.73 Å². The fourth-order valence-corrected chi connectivity index (χ4v) is 1.48. The number of hydrogen-bond donors (Lipinski definition) is 5. The zero-order valence-corrected chi connectivity index (χ0v) is 11.3. The molecule has 8 heteroatoms. The molecule has 22 heavy (non-hydrogen) atoms. The van der Waals surface area contributed by atoms with Crippen LogP contribution >= 0.6 is 0 Å². The average Bonchev–Trinajstić information content (AvgIpc) is 2.47. The zero-order valence-electron chi connectivity index (χ0n) is 11.3. The predicted molar refractivity (Wildman–Crippen MR) is 77.7 cm³/mol. The molecule has 2 aromatic rings. The maximum atomic E-state index is 10.4. The Hall–Kier alpha value is -3.26. The van der Waals surface area contributed by atoms with Gasteiger partial charge in [-0.3, -0.25) is 0 Å². The van der Waals surface area contributed by atoms with Gasteiger partial charge in [-0.25, -0.2) is 9.59 Å².